The lowest BCUT2D eigenvalue weighted by atomic mass is 9.99. The number of hydrogen-bond donors (Lipinski definition) is 1. The van der Waals surface area contributed by atoms with Crippen molar-refractivity contribution in [2.24, 2.45) is 4.99 Å². The van der Waals surface area contributed by atoms with Gasteiger partial charge in [-0.2, -0.15) is 0 Å². The van der Waals surface area contributed by atoms with Gasteiger partial charge in [0, 0.05) is 12.1 Å². The van der Waals surface area contributed by atoms with Crippen LogP contribution < -0.4 is 5.32 Å². The van der Waals surface area contributed by atoms with Crippen LogP contribution in [0, 0.1) is 6.92 Å². The van der Waals surface area contributed by atoms with E-state index in [1.165, 1.54) is 27.8 Å². The van der Waals surface area contributed by atoms with Crippen molar-refractivity contribution in [1.29, 1.82) is 0 Å². The van der Waals surface area contributed by atoms with Crippen LogP contribution in [0.2, 0.25) is 0 Å². The molecule has 0 fully saturated rings. The Hall–Kier alpha value is -3.65. The van der Waals surface area contributed by atoms with Gasteiger partial charge >= 0.3 is 0 Å². The van der Waals surface area contributed by atoms with Crippen molar-refractivity contribution in [1.82, 2.24) is 5.32 Å². The Kier molecular flexibility index (Phi) is 6.36. The summed E-state index contributed by atoms with van der Waals surface area (Å²) in [4.78, 5) is 4.96. The maximum absolute atomic E-state index is 4.96. The molecule has 0 aliphatic heterocycles. The second-order valence-electron chi connectivity index (χ2n) is 7.44. The van der Waals surface area contributed by atoms with Gasteiger partial charge in [-0.15, -0.1) is 0 Å². The molecule has 2 nitrogen and oxygen atoms in total. The summed E-state index contributed by atoms with van der Waals surface area (Å²) in [5.41, 5.74) is 7.20. The van der Waals surface area contributed by atoms with Crippen molar-refractivity contribution in [2.75, 3.05) is 0 Å². The topological polar surface area (TPSA) is 24.4 Å². The van der Waals surface area contributed by atoms with Crippen LogP contribution in [0.5, 0.6) is 0 Å². The average Bonchev–Trinajstić information content (AvgIpc) is 2.80. The molecule has 148 valence electrons. The van der Waals surface area contributed by atoms with Crippen molar-refractivity contribution in [3.63, 3.8) is 0 Å². The molecule has 0 unspecified atom stereocenters. The van der Waals surface area contributed by atoms with Gasteiger partial charge in [0.2, 0.25) is 0 Å². The molecule has 0 radical (unpaired) electrons. The molecule has 30 heavy (non-hydrogen) atoms. The summed E-state index contributed by atoms with van der Waals surface area (Å²) in [6.07, 6.45) is 0. The maximum atomic E-state index is 4.96. The van der Waals surface area contributed by atoms with Crippen LogP contribution >= 0.6 is 0 Å². The molecule has 0 saturated heterocycles. The molecule has 0 amide bonds. The number of aliphatic imine (C=N–C) groups is 1. The number of nitrogens with zero attached hydrogens (tertiary/aromatic N) is 1. The standard InChI is InChI=1S/C28H26N2/c1-22-17-26(25-15-9-4-10-16-25)19-27(18-22)28(29-20-23-11-5-2-6-12-23)30-21-24-13-7-3-8-14-24/h2-19H,20-21H2,1H3,(H,29,30). The highest BCUT2D eigenvalue weighted by Crippen LogP contribution is 2.22. The largest absolute Gasteiger partial charge is 0.366 e. The SMILES string of the molecule is Cc1cc(/C(=N/Cc2ccccc2)NCc2ccccc2)cc(-c2ccccc2)c1. The molecule has 0 aliphatic rings. The van der Waals surface area contributed by atoms with E-state index in [9.17, 15) is 0 Å². The molecule has 0 aliphatic carbocycles. The fourth-order valence-electron chi connectivity index (χ4n) is 3.50. The van der Waals surface area contributed by atoms with Gasteiger partial charge in [-0.25, -0.2) is 0 Å². The van der Waals surface area contributed by atoms with E-state index >= 15 is 0 Å². The van der Waals surface area contributed by atoms with Crippen molar-refractivity contribution >= 4 is 5.84 Å². The fraction of sp³-hybridized carbons (Fsp3) is 0.107. The smallest absolute Gasteiger partial charge is 0.128 e. The molecule has 4 aromatic carbocycles. The van der Waals surface area contributed by atoms with Crippen LogP contribution in [0.15, 0.2) is 114 Å². The molecule has 0 atom stereocenters. The summed E-state index contributed by atoms with van der Waals surface area (Å²) < 4.78 is 0. The number of aryl methyl sites for hydroxylation is 1. The second-order valence-corrected chi connectivity index (χ2v) is 7.44. The van der Waals surface area contributed by atoms with E-state index in [4.69, 9.17) is 4.99 Å². The summed E-state index contributed by atoms with van der Waals surface area (Å²) in [5, 5.41) is 3.58. The van der Waals surface area contributed by atoms with Gasteiger partial charge in [-0.05, 0) is 46.9 Å². The first-order valence-corrected chi connectivity index (χ1v) is 10.3. The molecule has 0 saturated carbocycles. The quantitative estimate of drug-likeness (QED) is 0.299. The summed E-state index contributed by atoms with van der Waals surface area (Å²) in [5.74, 6) is 0.920. The molecule has 1 N–H and O–H groups in total. The van der Waals surface area contributed by atoms with E-state index in [0.717, 1.165) is 17.9 Å². The molecule has 0 bridgehead atoms. The molecule has 4 aromatic rings. The van der Waals surface area contributed by atoms with E-state index in [0.29, 0.717) is 6.54 Å². The third-order valence-electron chi connectivity index (χ3n) is 5.02. The molecule has 0 spiro atoms. The zero-order valence-corrected chi connectivity index (χ0v) is 17.3. The van der Waals surface area contributed by atoms with Gasteiger partial charge in [0.15, 0.2) is 0 Å². The molecular formula is C28H26N2. The van der Waals surface area contributed by atoms with Crippen LogP contribution in [0.1, 0.15) is 22.3 Å². The van der Waals surface area contributed by atoms with Crippen molar-refractivity contribution in [2.45, 2.75) is 20.0 Å². The molecule has 2 heteroatoms. The second kappa shape index (κ2) is 9.71. The lowest BCUT2D eigenvalue weighted by Gasteiger charge is -2.14. The highest BCUT2D eigenvalue weighted by Gasteiger charge is 2.08. The van der Waals surface area contributed by atoms with Gasteiger partial charge in [-0.3, -0.25) is 4.99 Å². The Labute approximate surface area is 179 Å². The van der Waals surface area contributed by atoms with Crippen LogP contribution in [0.25, 0.3) is 11.1 Å². The van der Waals surface area contributed by atoms with E-state index in [1.807, 2.05) is 18.2 Å². The van der Waals surface area contributed by atoms with Crippen LogP contribution in [-0.2, 0) is 13.1 Å². The minimum atomic E-state index is 0.645. The third-order valence-corrected chi connectivity index (χ3v) is 5.02. The Morgan fingerprint density at radius 3 is 1.93 bits per heavy atom. The van der Waals surface area contributed by atoms with Crippen LogP contribution in [0.4, 0.5) is 0 Å². The predicted molar refractivity (Wildman–Crippen MR) is 127 cm³/mol. The zero-order valence-electron chi connectivity index (χ0n) is 17.3. The Balaban J connectivity index is 1.66. The molecule has 0 aromatic heterocycles. The zero-order chi connectivity index (χ0) is 20.6. The highest BCUT2D eigenvalue weighted by molar-refractivity contribution is 6.00. The summed E-state index contributed by atoms with van der Waals surface area (Å²) >= 11 is 0. The lowest BCUT2D eigenvalue weighted by Crippen LogP contribution is -2.24. The number of nitrogens with one attached hydrogen (secondary N) is 1. The third kappa shape index (κ3) is 5.24. The van der Waals surface area contributed by atoms with Gasteiger partial charge < -0.3 is 5.32 Å². The van der Waals surface area contributed by atoms with Gasteiger partial charge in [0.25, 0.3) is 0 Å². The Morgan fingerprint density at radius 1 is 0.667 bits per heavy atom. The lowest BCUT2D eigenvalue weighted by molar-refractivity contribution is 0.896. The van der Waals surface area contributed by atoms with Gasteiger partial charge in [-0.1, -0.05) is 97.1 Å². The first kappa shape index (κ1) is 19.7. The number of hydrogen-bond acceptors (Lipinski definition) is 1. The average molecular weight is 391 g/mol. The van der Waals surface area contributed by atoms with E-state index in [-0.39, 0.29) is 0 Å². The first-order valence-electron chi connectivity index (χ1n) is 10.3. The summed E-state index contributed by atoms with van der Waals surface area (Å²) in [7, 11) is 0. The van der Waals surface area contributed by atoms with Crippen molar-refractivity contribution < 1.29 is 0 Å². The Bertz CT molecular complexity index is 1100. The molecular weight excluding hydrogens is 364 g/mol. The summed E-state index contributed by atoms with van der Waals surface area (Å²) in [6.45, 7) is 3.53. The van der Waals surface area contributed by atoms with E-state index in [1.54, 1.807) is 0 Å². The predicted octanol–water partition coefficient (Wildman–Crippen LogP) is 6.40. The van der Waals surface area contributed by atoms with Crippen molar-refractivity contribution in [3.8, 4) is 11.1 Å². The Morgan fingerprint density at radius 2 is 1.27 bits per heavy atom. The normalized spacial score (nSPS) is 11.3. The van der Waals surface area contributed by atoms with Gasteiger partial charge in [0.05, 0.1) is 6.54 Å². The first-order chi connectivity index (χ1) is 14.8. The fourth-order valence-corrected chi connectivity index (χ4v) is 3.50. The number of benzene rings is 4. The molecule has 4 rings (SSSR count). The number of amidine groups is 1. The monoisotopic (exact) mass is 390 g/mol. The minimum absolute atomic E-state index is 0.645. The highest BCUT2D eigenvalue weighted by atomic mass is 15.0. The van der Waals surface area contributed by atoms with Crippen LogP contribution in [0.3, 0.4) is 0 Å². The number of rotatable bonds is 6. The minimum Gasteiger partial charge on any atom is -0.366 e. The van der Waals surface area contributed by atoms with Gasteiger partial charge in [0.1, 0.15) is 5.84 Å². The van der Waals surface area contributed by atoms with E-state index < -0.39 is 0 Å². The van der Waals surface area contributed by atoms with Crippen LogP contribution in [-0.4, -0.2) is 5.84 Å². The van der Waals surface area contributed by atoms with E-state index in [2.05, 4.69) is 103 Å². The maximum Gasteiger partial charge on any atom is 0.128 e. The van der Waals surface area contributed by atoms with Crippen molar-refractivity contribution in [3.05, 3.63) is 131 Å². The summed E-state index contributed by atoms with van der Waals surface area (Å²) in [6, 6.07) is 38.0. The molecule has 0 heterocycles.